The summed E-state index contributed by atoms with van der Waals surface area (Å²) in [6, 6.07) is 21.5. The number of aromatic hydroxyl groups is 1. The van der Waals surface area contributed by atoms with Gasteiger partial charge in [0.1, 0.15) is 35.7 Å². The van der Waals surface area contributed by atoms with Gasteiger partial charge in [-0.15, -0.1) is 0 Å². The van der Waals surface area contributed by atoms with Crippen molar-refractivity contribution in [1.82, 2.24) is 4.90 Å². The molecule has 1 fully saturated rings. The zero-order chi connectivity index (χ0) is 25.9. The topological polar surface area (TPSA) is 59.0 Å². The lowest BCUT2D eigenvalue weighted by molar-refractivity contribution is -0.116. The minimum Gasteiger partial charge on any atom is -0.508 e. The molecule has 1 saturated heterocycles. The number of likely N-dealkylation sites (tertiary alicyclic amines) is 1. The molecule has 1 N–H and O–H groups in total. The third kappa shape index (κ3) is 5.57. The minimum atomic E-state index is -0.309. The van der Waals surface area contributed by atoms with Crippen LogP contribution in [0.1, 0.15) is 55.5 Å². The van der Waals surface area contributed by atoms with Gasteiger partial charge in [-0.25, -0.2) is 0 Å². The molecule has 3 aromatic rings. The number of benzene rings is 3. The van der Waals surface area contributed by atoms with Crippen LogP contribution < -0.4 is 9.47 Å². The Balaban J connectivity index is 1.38. The Morgan fingerprint density at radius 3 is 2.46 bits per heavy atom. The van der Waals surface area contributed by atoms with Crippen molar-refractivity contribution >= 4 is 16.9 Å². The van der Waals surface area contributed by atoms with Gasteiger partial charge in [0.2, 0.25) is 0 Å². The predicted molar refractivity (Wildman–Crippen MR) is 147 cm³/mol. The first-order valence-corrected chi connectivity index (χ1v) is 13.2. The molecule has 1 atom stereocenters. The summed E-state index contributed by atoms with van der Waals surface area (Å²) in [6.07, 6.45) is 1.37. The molecule has 2 heterocycles. The highest BCUT2D eigenvalue weighted by atomic mass is 16.5. The fraction of sp³-hybridized carbons (Fsp3) is 0.344. The highest BCUT2D eigenvalue weighted by molar-refractivity contribution is 5.95. The number of rotatable bonds is 9. The van der Waals surface area contributed by atoms with Crippen molar-refractivity contribution in [3.8, 4) is 17.2 Å². The van der Waals surface area contributed by atoms with E-state index in [1.54, 1.807) is 19.1 Å². The second-order valence-corrected chi connectivity index (χ2v) is 10.2. The molecular weight excluding hydrogens is 462 g/mol. The Morgan fingerprint density at radius 2 is 1.78 bits per heavy atom. The van der Waals surface area contributed by atoms with E-state index in [4.69, 9.17) is 9.47 Å². The molecule has 2 aliphatic heterocycles. The van der Waals surface area contributed by atoms with E-state index in [9.17, 15) is 9.90 Å². The summed E-state index contributed by atoms with van der Waals surface area (Å²) in [5.74, 6) is 2.80. The van der Waals surface area contributed by atoms with Gasteiger partial charge in [0, 0.05) is 37.2 Å². The number of phenolic OH excluding ortho intramolecular Hbond substituents is 1. The van der Waals surface area contributed by atoms with Crippen molar-refractivity contribution in [3.05, 3.63) is 89.0 Å². The van der Waals surface area contributed by atoms with Crippen LogP contribution in [-0.4, -0.2) is 42.0 Å². The van der Waals surface area contributed by atoms with Gasteiger partial charge in [-0.2, -0.15) is 0 Å². The first kappa shape index (κ1) is 25.1. The summed E-state index contributed by atoms with van der Waals surface area (Å²) < 4.78 is 12.6. The van der Waals surface area contributed by atoms with Crippen LogP contribution >= 0.6 is 0 Å². The van der Waals surface area contributed by atoms with E-state index in [-0.39, 0.29) is 17.6 Å². The number of ketones is 1. The maximum atomic E-state index is 11.6. The number of phenols is 1. The molecule has 192 valence electrons. The van der Waals surface area contributed by atoms with Crippen molar-refractivity contribution in [2.75, 3.05) is 26.2 Å². The standard InChI is InChI=1S/C32H35NO4/c1-4-23-19-33(20-23)15-16-36-28-12-9-26(10-13-28)32-31(25-7-5-24(6-8-25)17-21(2)34)22(3)29-18-27(35)11-14-30(29)37-32/h5-14,18,23,32,35H,4,15-17,19-20H2,1-3H3/t32-/m0/s1. The van der Waals surface area contributed by atoms with Crippen molar-refractivity contribution in [2.45, 2.75) is 39.7 Å². The van der Waals surface area contributed by atoms with E-state index in [0.29, 0.717) is 13.0 Å². The van der Waals surface area contributed by atoms with E-state index in [2.05, 4.69) is 43.0 Å². The van der Waals surface area contributed by atoms with Crippen LogP contribution in [0.2, 0.25) is 0 Å². The molecule has 5 nitrogen and oxygen atoms in total. The molecule has 5 heteroatoms. The third-order valence-electron chi connectivity index (χ3n) is 7.47. The van der Waals surface area contributed by atoms with Gasteiger partial charge in [-0.1, -0.05) is 49.7 Å². The number of hydrogen-bond donors (Lipinski definition) is 1. The highest BCUT2D eigenvalue weighted by Crippen LogP contribution is 2.47. The lowest BCUT2D eigenvalue weighted by Gasteiger charge is -2.38. The first-order valence-electron chi connectivity index (χ1n) is 13.2. The summed E-state index contributed by atoms with van der Waals surface area (Å²) in [6.45, 7) is 9.94. The summed E-state index contributed by atoms with van der Waals surface area (Å²) in [4.78, 5) is 14.0. The van der Waals surface area contributed by atoms with E-state index in [1.807, 2.05) is 30.3 Å². The maximum Gasteiger partial charge on any atom is 0.150 e. The molecule has 0 saturated carbocycles. The van der Waals surface area contributed by atoms with Gasteiger partial charge < -0.3 is 14.6 Å². The number of allylic oxidation sites excluding steroid dienone is 1. The smallest absolute Gasteiger partial charge is 0.150 e. The Hall–Kier alpha value is -3.57. The van der Waals surface area contributed by atoms with Gasteiger partial charge in [0.05, 0.1) is 0 Å². The number of hydrogen-bond acceptors (Lipinski definition) is 5. The zero-order valence-corrected chi connectivity index (χ0v) is 21.9. The van der Waals surface area contributed by atoms with Crippen molar-refractivity contribution in [3.63, 3.8) is 0 Å². The zero-order valence-electron chi connectivity index (χ0n) is 21.9. The van der Waals surface area contributed by atoms with Crippen LogP contribution in [0.4, 0.5) is 0 Å². The van der Waals surface area contributed by atoms with Gasteiger partial charge in [0.25, 0.3) is 0 Å². The first-order chi connectivity index (χ1) is 17.9. The Bertz CT molecular complexity index is 1290. The SMILES string of the molecule is CCC1CN(CCOc2ccc([C@@H]3Oc4ccc(O)cc4C(C)=C3c3ccc(CC(C)=O)cc3)cc2)C1. The quantitative estimate of drug-likeness (QED) is 0.375. The number of carbonyl (C=O) groups excluding carboxylic acids is 1. The molecule has 0 aliphatic carbocycles. The second kappa shape index (κ2) is 10.8. The monoisotopic (exact) mass is 497 g/mol. The summed E-state index contributed by atoms with van der Waals surface area (Å²) in [5, 5.41) is 10.1. The van der Waals surface area contributed by atoms with Crippen LogP contribution in [0, 0.1) is 5.92 Å². The normalized spacial score (nSPS) is 17.6. The lowest BCUT2D eigenvalue weighted by Crippen LogP contribution is -2.47. The maximum absolute atomic E-state index is 11.6. The summed E-state index contributed by atoms with van der Waals surface area (Å²) in [7, 11) is 0. The predicted octanol–water partition coefficient (Wildman–Crippen LogP) is 6.31. The Kier molecular flexibility index (Phi) is 7.33. The van der Waals surface area contributed by atoms with Crippen molar-refractivity contribution in [2.24, 2.45) is 5.92 Å². The summed E-state index contributed by atoms with van der Waals surface area (Å²) in [5.41, 5.74) is 6.04. The Labute approximate surface area is 219 Å². The molecule has 0 spiro atoms. The average molecular weight is 498 g/mol. The second-order valence-electron chi connectivity index (χ2n) is 10.2. The number of carbonyl (C=O) groups is 1. The van der Waals surface area contributed by atoms with Gasteiger partial charge in [0.15, 0.2) is 0 Å². The van der Waals surface area contributed by atoms with E-state index in [1.165, 1.54) is 19.5 Å². The van der Waals surface area contributed by atoms with Gasteiger partial charge in [-0.05, 0) is 72.4 Å². The van der Waals surface area contributed by atoms with Crippen LogP contribution in [0.3, 0.4) is 0 Å². The molecule has 37 heavy (non-hydrogen) atoms. The van der Waals surface area contributed by atoms with E-state index < -0.39 is 0 Å². The fourth-order valence-corrected chi connectivity index (χ4v) is 5.28. The van der Waals surface area contributed by atoms with Crippen LogP contribution in [0.5, 0.6) is 17.2 Å². The molecular formula is C32H35NO4. The van der Waals surface area contributed by atoms with Crippen LogP contribution in [0.25, 0.3) is 11.1 Å². The van der Waals surface area contributed by atoms with Crippen molar-refractivity contribution < 1.29 is 19.4 Å². The average Bonchev–Trinajstić information content (AvgIpc) is 2.86. The minimum absolute atomic E-state index is 0.142. The molecule has 3 aromatic carbocycles. The number of ether oxygens (including phenoxy) is 2. The third-order valence-corrected chi connectivity index (χ3v) is 7.47. The van der Waals surface area contributed by atoms with Crippen LogP contribution in [0.15, 0.2) is 66.7 Å². The van der Waals surface area contributed by atoms with E-state index in [0.717, 1.165) is 57.4 Å². The Morgan fingerprint density at radius 1 is 1.05 bits per heavy atom. The van der Waals surface area contributed by atoms with Gasteiger partial charge in [-0.3, -0.25) is 9.69 Å². The summed E-state index contributed by atoms with van der Waals surface area (Å²) >= 11 is 0. The van der Waals surface area contributed by atoms with E-state index >= 15 is 0 Å². The highest BCUT2D eigenvalue weighted by Gasteiger charge is 2.30. The molecule has 0 radical (unpaired) electrons. The molecule has 0 aromatic heterocycles. The number of fused-ring (bicyclic) bond motifs is 1. The molecule has 0 unspecified atom stereocenters. The number of Topliss-reactive ketones (excluding diaryl/α,β-unsaturated/α-hetero) is 1. The molecule has 0 amide bonds. The molecule has 0 bridgehead atoms. The molecule has 5 rings (SSSR count). The largest absolute Gasteiger partial charge is 0.508 e. The van der Waals surface area contributed by atoms with Crippen molar-refractivity contribution in [1.29, 1.82) is 0 Å². The lowest BCUT2D eigenvalue weighted by atomic mass is 9.85. The fourth-order valence-electron chi connectivity index (χ4n) is 5.28. The van der Waals surface area contributed by atoms with Gasteiger partial charge >= 0.3 is 0 Å². The van der Waals surface area contributed by atoms with Crippen LogP contribution in [-0.2, 0) is 11.2 Å². The number of nitrogens with zero attached hydrogens (tertiary/aromatic N) is 1. The molecule has 2 aliphatic rings.